The molecule has 4 aliphatic heterocycles. The highest BCUT2D eigenvalue weighted by Crippen LogP contribution is 2.80. The minimum atomic E-state index is -1.75. The summed E-state index contributed by atoms with van der Waals surface area (Å²) in [4.78, 5) is 0. The molecular weight excluding hydrogens is 728 g/mol. The van der Waals surface area contributed by atoms with Gasteiger partial charge in [-0.05, 0) is 93.3 Å². The fourth-order valence-corrected chi connectivity index (χ4v) is 14.6. The Bertz CT molecular complexity index is 1500. The maximum absolute atomic E-state index is 12.1. The third-order valence-corrected chi connectivity index (χ3v) is 17.0. The molecule has 2 bridgehead atoms. The van der Waals surface area contributed by atoms with Gasteiger partial charge >= 0.3 is 0 Å². The van der Waals surface area contributed by atoms with E-state index in [1.807, 2.05) is 6.92 Å². The van der Waals surface area contributed by atoms with Crippen molar-refractivity contribution in [1.29, 1.82) is 0 Å². The molecule has 0 radical (unpaired) electrons. The molecule has 8 N–H and O–H groups in total. The molecule has 0 aromatic carbocycles. The van der Waals surface area contributed by atoms with Gasteiger partial charge in [0.1, 0.15) is 48.8 Å². The summed E-state index contributed by atoms with van der Waals surface area (Å²) in [5.74, 6) is 0.123. The van der Waals surface area contributed by atoms with E-state index in [2.05, 4.69) is 47.6 Å². The summed E-state index contributed by atoms with van der Waals surface area (Å²) < 4.78 is 37.8. The molecule has 0 amide bonds. The van der Waals surface area contributed by atoms with Gasteiger partial charge in [-0.2, -0.15) is 0 Å². The predicted octanol–water partition coefficient (Wildman–Crippen LogP) is 1.50. The fourth-order valence-electron chi connectivity index (χ4n) is 14.6. The molecule has 56 heavy (non-hydrogen) atoms. The molecule has 8 rings (SSSR count). The SMILES string of the molecule is CC(C)=CC1CC(C)(O)C2C3CCC4C5(C)CCC(OC6OC(CO)C(O)C(OC7OC(CO)C(O)C(O)C7O)C6O)C(C)(C)C5CCC4(C)C34COC2(C4)O1. The standard InChI is InChI=1S/C42H68O14/c1-20(2)14-21-15-40(7,50)34-22-8-9-26-38(5)12-11-27(37(3,4)25(38)10-13-39(26,6)41(22)18-42(34,56-21)51-19-41)54-36-32(49)33(29(46)24(17-44)53-36)55-35-31(48)30(47)28(45)23(16-43)52-35/h14,21-36,43-50H,8-13,15-19H2,1-7H3. The Morgan fingerprint density at radius 3 is 2.07 bits per heavy atom. The van der Waals surface area contributed by atoms with Crippen LogP contribution < -0.4 is 0 Å². The summed E-state index contributed by atoms with van der Waals surface area (Å²) in [6.07, 6.45) is -6.46. The van der Waals surface area contributed by atoms with Crippen LogP contribution in [0.4, 0.5) is 0 Å². The zero-order valence-electron chi connectivity index (χ0n) is 34.1. The van der Waals surface area contributed by atoms with Crippen LogP contribution in [0.25, 0.3) is 0 Å². The van der Waals surface area contributed by atoms with Crippen molar-refractivity contribution in [2.75, 3.05) is 19.8 Å². The lowest BCUT2D eigenvalue weighted by Gasteiger charge is -2.70. The molecule has 4 heterocycles. The van der Waals surface area contributed by atoms with Crippen molar-refractivity contribution in [1.82, 2.24) is 0 Å². The monoisotopic (exact) mass is 796 g/mol. The normalized spacial score (nSPS) is 57.4. The smallest absolute Gasteiger partial charge is 0.187 e. The van der Waals surface area contributed by atoms with Crippen molar-refractivity contribution in [3.05, 3.63) is 11.6 Å². The van der Waals surface area contributed by atoms with Gasteiger partial charge in [0.05, 0.1) is 37.6 Å². The summed E-state index contributed by atoms with van der Waals surface area (Å²) >= 11 is 0. The van der Waals surface area contributed by atoms with Gasteiger partial charge in [-0.1, -0.05) is 39.3 Å². The molecule has 320 valence electrons. The maximum Gasteiger partial charge on any atom is 0.187 e. The van der Waals surface area contributed by atoms with Gasteiger partial charge in [0.2, 0.25) is 0 Å². The lowest BCUT2D eigenvalue weighted by atomic mass is 9.35. The summed E-state index contributed by atoms with van der Waals surface area (Å²) in [6.45, 7) is 14.9. The Balaban J connectivity index is 1.01. The molecule has 14 nitrogen and oxygen atoms in total. The number of allylic oxidation sites excluding steroid dienone is 1. The Morgan fingerprint density at radius 1 is 0.750 bits per heavy atom. The van der Waals surface area contributed by atoms with Crippen LogP contribution in [-0.4, -0.2) is 146 Å². The van der Waals surface area contributed by atoms with Crippen molar-refractivity contribution in [3.8, 4) is 0 Å². The number of fused-ring (bicyclic) bond motifs is 4. The van der Waals surface area contributed by atoms with Gasteiger partial charge in [0, 0.05) is 24.2 Å². The largest absolute Gasteiger partial charge is 0.394 e. The van der Waals surface area contributed by atoms with Gasteiger partial charge in [-0.25, -0.2) is 0 Å². The van der Waals surface area contributed by atoms with E-state index in [1.54, 1.807) is 0 Å². The Morgan fingerprint density at radius 2 is 1.41 bits per heavy atom. The number of aliphatic hydroxyl groups is 8. The first-order chi connectivity index (χ1) is 26.2. The van der Waals surface area contributed by atoms with E-state index >= 15 is 0 Å². The quantitative estimate of drug-likeness (QED) is 0.135. The minimum absolute atomic E-state index is 0.0284. The molecule has 8 fully saturated rings. The molecule has 2 spiro atoms. The van der Waals surface area contributed by atoms with Crippen molar-refractivity contribution in [2.24, 2.45) is 45.3 Å². The lowest BCUT2D eigenvalue weighted by molar-refractivity contribution is -0.370. The summed E-state index contributed by atoms with van der Waals surface area (Å²) in [6, 6.07) is 0. The fraction of sp³-hybridized carbons (Fsp3) is 0.952. The minimum Gasteiger partial charge on any atom is -0.394 e. The Hall–Kier alpha value is -0.820. The molecule has 4 aliphatic carbocycles. The Kier molecular flexibility index (Phi) is 10.6. The van der Waals surface area contributed by atoms with Crippen LogP contribution in [0.15, 0.2) is 11.6 Å². The van der Waals surface area contributed by atoms with E-state index in [-0.39, 0.29) is 45.7 Å². The molecule has 14 heteroatoms. The average Bonchev–Trinajstić information content (AvgIpc) is 3.64. The van der Waals surface area contributed by atoms with Crippen LogP contribution in [0, 0.1) is 45.3 Å². The number of ether oxygens (including phenoxy) is 6. The molecule has 4 saturated heterocycles. The first kappa shape index (κ1) is 41.9. The van der Waals surface area contributed by atoms with E-state index in [4.69, 9.17) is 28.4 Å². The summed E-state index contributed by atoms with van der Waals surface area (Å²) in [5, 5.41) is 85.9. The number of hydrogen-bond donors (Lipinski definition) is 8. The van der Waals surface area contributed by atoms with Crippen LogP contribution in [0.5, 0.6) is 0 Å². The van der Waals surface area contributed by atoms with Crippen molar-refractivity contribution in [2.45, 2.75) is 185 Å². The third-order valence-electron chi connectivity index (χ3n) is 17.0. The summed E-state index contributed by atoms with van der Waals surface area (Å²) in [7, 11) is 0. The van der Waals surface area contributed by atoms with E-state index in [9.17, 15) is 40.9 Å². The van der Waals surface area contributed by atoms with E-state index in [0.29, 0.717) is 31.3 Å². The molecule has 21 unspecified atom stereocenters. The third kappa shape index (κ3) is 5.94. The summed E-state index contributed by atoms with van der Waals surface area (Å²) in [5.41, 5.74) is -0.269. The molecule has 8 aliphatic rings. The number of aliphatic hydroxyl groups excluding tert-OH is 7. The van der Waals surface area contributed by atoms with E-state index in [0.717, 1.165) is 38.5 Å². The lowest BCUT2D eigenvalue weighted by Crippen LogP contribution is -2.68. The van der Waals surface area contributed by atoms with Crippen LogP contribution in [0.3, 0.4) is 0 Å². The molecule has 4 saturated carbocycles. The van der Waals surface area contributed by atoms with E-state index < -0.39 is 86.0 Å². The predicted molar refractivity (Wildman–Crippen MR) is 198 cm³/mol. The van der Waals surface area contributed by atoms with Crippen LogP contribution in [0.2, 0.25) is 0 Å². The maximum atomic E-state index is 12.1. The first-order valence-electron chi connectivity index (χ1n) is 21.1. The van der Waals surface area contributed by atoms with Gasteiger partial charge in [-0.15, -0.1) is 0 Å². The second-order valence-corrected chi connectivity index (χ2v) is 20.6. The zero-order valence-corrected chi connectivity index (χ0v) is 34.1. The second kappa shape index (κ2) is 14.1. The Labute approximate surface area is 330 Å². The highest BCUT2D eigenvalue weighted by atomic mass is 16.7. The second-order valence-electron chi connectivity index (χ2n) is 20.6. The molecule has 0 aromatic rings. The molecule has 21 atom stereocenters. The van der Waals surface area contributed by atoms with Gasteiger partial charge in [-0.3, -0.25) is 0 Å². The van der Waals surface area contributed by atoms with Gasteiger partial charge in [0.25, 0.3) is 0 Å². The highest BCUT2D eigenvalue weighted by Gasteiger charge is 2.81. The van der Waals surface area contributed by atoms with Crippen LogP contribution in [0.1, 0.15) is 99.8 Å². The van der Waals surface area contributed by atoms with E-state index in [1.165, 1.54) is 5.57 Å². The average molecular weight is 797 g/mol. The highest BCUT2D eigenvalue weighted by molar-refractivity contribution is 5.26. The van der Waals surface area contributed by atoms with Crippen molar-refractivity contribution < 1.29 is 69.3 Å². The first-order valence-corrected chi connectivity index (χ1v) is 21.1. The zero-order chi connectivity index (χ0) is 40.5. The van der Waals surface area contributed by atoms with Crippen molar-refractivity contribution in [3.63, 3.8) is 0 Å². The van der Waals surface area contributed by atoms with Crippen molar-refractivity contribution >= 4 is 0 Å². The topological polar surface area (TPSA) is 217 Å². The molecule has 0 aromatic heterocycles. The van der Waals surface area contributed by atoms with Crippen LogP contribution in [-0.2, 0) is 28.4 Å². The molecular formula is C42H68O14. The van der Waals surface area contributed by atoms with Gasteiger partial charge < -0.3 is 69.3 Å². The number of hydrogen-bond acceptors (Lipinski definition) is 14. The number of rotatable bonds is 7. The van der Waals surface area contributed by atoms with Gasteiger partial charge in [0.15, 0.2) is 18.4 Å². The van der Waals surface area contributed by atoms with Crippen LogP contribution >= 0.6 is 0 Å².